The van der Waals surface area contributed by atoms with Gasteiger partial charge in [0.2, 0.25) is 5.95 Å². The third-order valence-electron chi connectivity index (χ3n) is 3.15. The molecule has 0 amide bonds. The number of anilines is 1. The first kappa shape index (κ1) is 10.5. The highest BCUT2D eigenvalue weighted by Crippen LogP contribution is 2.33. The van der Waals surface area contributed by atoms with Gasteiger partial charge < -0.3 is 9.88 Å². The highest BCUT2D eigenvalue weighted by Gasteiger charge is 2.28. The van der Waals surface area contributed by atoms with Crippen molar-refractivity contribution in [2.75, 3.05) is 5.32 Å². The summed E-state index contributed by atoms with van der Waals surface area (Å²) in [5.41, 5.74) is 0. The summed E-state index contributed by atoms with van der Waals surface area (Å²) in [5, 5.41) is 3.51. The largest absolute Gasteiger partial charge is 0.353 e. The fourth-order valence-electron chi connectivity index (χ4n) is 1.88. The van der Waals surface area contributed by atoms with E-state index in [1.807, 2.05) is 6.20 Å². The normalized spacial score (nSPS) is 17.7. The van der Waals surface area contributed by atoms with E-state index in [2.05, 4.69) is 34.9 Å². The third kappa shape index (κ3) is 2.74. The molecule has 1 heterocycles. The average Bonchev–Trinajstić information content (AvgIpc) is 2.99. The van der Waals surface area contributed by atoms with E-state index in [9.17, 15) is 0 Å². The van der Waals surface area contributed by atoms with E-state index in [1.165, 1.54) is 25.7 Å². The average molecular weight is 207 g/mol. The van der Waals surface area contributed by atoms with Gasteiger partial charge in [-0.15, -0.1) is 0 Å². The Morgan fingerprint density at radius 2 is 2.40 bits per heavy atom. The molecular formula is C12H21N3. The summed E-state index contributed by atoms with van der Waals surface area (Å²) in [7, 11) is 0. The predicted octanol–water partition coefficient (Wildman–Crippen LogP) is 2.89. The quantitative estimate of drug-likeness (QED) is 0.777. The van der Waals surface area contributed by atoms with E-state index in [4.69, 9.17) is 0 Å². The van der Waals surface area contributed by atoms with Crippen LogP contribution in [0.3, 0.4) is 0 Å². The molecule has 0 aromatic carbocycles. The molecule has 1 fully saturated rings. The Morgan fingerprint density at radius 3 is 3.07 bits per heavy atom. The monoisotopic (exact) mass is 207 g/mol. The van der Waals surface area contributed by atoms with Crippen molar-refractivity contribution >= 4 is 5.95 Å². The number of hydrogen-bond acceptors (Lipinski definition) is 2. The molecule has 1 N–H and O–H groups in total. The van der Waals surface area contributed by atoms with Crippen LogP contribution in [0.1, 0.15) is 39.5 Å². The lowest BCUT2D eigenvalue weighted by Gasteiger charge is -2.15. The number of aromatic nitrogens is 2. The van der Waals surface area contributed by atoms with Gasteiger partial charge in [0, 0.05) is 25.0 Å². The minimum atomic E-state index is 0.577. The van der Waals surface area contributed by atoms with E-state index in [1.54, 1.807) is 0 Å². The molecule has 3 nitrogen and oxygen atoms in total. The van der Waals surface area contributed by atoms with Crippen LogP contribution in [-0.4, -0.2) is 15.6 Å². The summed E-state index contributed by atoms with van der Waals surface area (Å²) in [6.07, 6.45) is 9.17. The first-order valence-electron chi connectivity index (χ1n) is 6.09. The van der Waals surface area contributed by atoms with E-state index >= 15 is 0 Å². The van der Waals surface area contributed by atoms with Crippen LogP contribution < -0.4 is 5.32 Å². The molecule has 1 aliphatic rings. The molecule has 0 spiro atoms. The van der Waals surface area contributed by atoms with Gasteiger partial charge in [-0.3, -0.25) is 0 Å². The van der Waals surface area contributed by atoms with Gasteiger partial charge in [0.05, 0.1) is 0 Å². The van der Waals surface area contributed by atoms with Crippen molar-refractivity contribution in [2.45, 2.75) is 52.1 Å². The molecule has 0 saturated heterocycles. The van der Waals surface area contributed by atoms with Crippen LogP contribution in [0, 0.1) is 5.92 Å². The van der Waals surface area contributed by atoms with Gasteiger partial charge >= 0.3 is 0 Å². The van der Waals surface area contributed by atoms with Crippen LogP contribution in [0.15, 0.2) is 12.4 Å². The molecule has 0 bridgehead atoms. The number of nitrogens with zero attached hydrogens (tertiary/aromatic N) is 2. The first-order chi connectivity index (χ1) is 7.31. The first-order valence-corrected chi connectivity index (χ1v) is 6.09. The van der Waals surface area contributed by atoms with Crippen LogP contribution in [0.4, 0.5) is 5.95 Å². The lowest BCUT2D eigenvalue weighted by molar-refractivity contribution is 0.618. The second-order valence-electron chi connectivity index (χ2n) is 4.57. The van der Waals surface area contributed by atoms with Gasteiger partial charge in [-0.25, -0.2) is 4.98 Å². The van der Waals surface area contributed by atoms with Gasteiger partial charge in [0.15, 0.2) is 0 Å². The van der Waals surface area contributed by atoms with Crippen molar-refractivity contribution in [2.24, 2.45) is 5.92 Å². The molecule has 1 aliphatic carbocycles. The number of imidazole rings is 1. The summed E-state index contributed by atoms with van der Waals surface area (Å²) in [6.45, 7) is 5.56. The van der Waals surface area contributed by atoms with Crippen molar-refractivity contribution in [3.05, 3.63) is 12.4 Å². The second kappa shape index (κ2) is 4.69. The highest BCUT2D eigenvalue weighted by molar-refractivity contribution is 5.28. The standard InChI is InChI=1S/C12H21N3/c1-3-4-8-15-9-7-13-12(15)14-10(2)11-5-6-11/h7,9-11H,3-6,8H2,1-2H3,(H,13,14). The third-order valence-corrected chi connectivity index (χ3v) is 3.15. The zero-order chi connectivity index (χ0) is 10.7. The van der Waals surface area contributed by atoms with Crippen LogP contribution in [0.5, 0.6) is 0 Å². The lowest BCUT2D eigenvalue weighted by Crippen LogP contribution is -2.20. The molecule has 0 aliphatic heterocycles. The molecule has 15 heavy (non-hydrogen) atoms. The highest BCUT2D eigenvalue weighted by atomic mass is 15.2. The van der Waals surface area contributed by atoms with Gasteiger partial charge in [0.25, 0.3) is 0 Å². The Labute approximate surface area is 91.9 Å². The zero-order valence-corrected chi connectivity index (χ0v) is 9.74. The smallest absolute Gasteiger partial charge is 0.202 e. The Kier molecular flexibility index (Phi) is 3.29. The van der Waals surface area contributed by atoms with Crippen molar-refractivity contribution < 1.29 is 0 Å². The zero-order valence-electron chi connectivity index (χ0n) is 9.74. The summed E-state index contributed by atoms with van der Waals surface area (Å²) in [6, 6.07) is 0.577. The fraction of sp³-hybridized carbons (Fsp3) is 0.750. The maximum Gasteiger partial charge on any atom is 0.202 e. The minimum absolute atomic E-state index is 0.577. The number of hydrogen-bond donors (Lipinski definition) is 1. The van der Waals surface area contributed by atoms with Crippen molar-refractivity contribution in [1.82, 2.24) is 9.55 Å². The molecule has 84 valence electrons. The summed E-state index contributed by atoms with van der Waals surface area (Å²) < 4.78 is 2.22. The van der Waals surface area contributed by atoms with Gasteiger partial charge in [-0.1, -0.05) is 13.3 Å². The van der Waals surface area contributed by atoms with E-state index in [0.717, 1.165) is 18.4 Å². The topological polar surface area (TPSA) is 29.9 Å². The summed E-state index contributed by atoms with van der Waals surface area (Å²) >= 11 is 0. The van der Waals surface area contributed by atoms with Crippen molar-refractivity contribution in [1.29, 1.82) is 0 Å². The number of nitrogens with one attached hydrogen (secondary N) is 1. The minimum Gasteiger partial charge on any atom is -0.353 e. The van der Waals surface area contributed by atoms with E-state index < -0.39 is 0 Å². The Bertz CT molecular complexity index is 302. The molecule has 1 atom stereocenters. The van der Waals surface area contributed by atoms with E-state index in [0.29, 0.717) is 6.04 Å². The summed E-state index contributed by atoms with van der Waals surface area (Å²) in [4.78, 5) is 4.37. The number of unbranched alkanes of at least 4 members (excludes halogenated alkanes) is 1. The molecule has 3 heteroatoms. The maximum atomic E-state index is 4.37. The lowest BCUT2D eigenvalue weighted by atomic mass is 10.2. The summed E-state index contributed by atoms with van der Waals surface area (Å²) in [5.74, 6) is 1.92. The second-order valence-corrected chi connectivity index (χ2v) is 4.57. The van der Waals surface area contributed by atoms with E-state index in [-0.39, 0.29) is 0 Å². The van der Waals surface area contributed by atoms with Crippen LogP contribution in [-0.2, 0) is 6.54 Å². The number of rotatable bonds is 6. The molecule has 1 aromatic heterocycles. The van der Waals surface area contributed by atoms with Gasteiger partial charge in [0.1, 0.15) is 0 Å². The Hall–Kier alpha value is -0.990. The Morgan fingerprint density at radius 1 is 1.60 bits per heavy atom. The fourth-order valence-corrected chi connectivity index (χ4v) is 1.88. The Balaban J connectivity index is 1.91. The molecule has 1 unspecified atom stereocenters. The van der Waals surface area contributed by atoms with Gasteiger partial charge in [-0.05, 0) is 32.1 Å². The molecular weight excluding hydrogens is 186 g/mol. The predicted molar refractivity (Wildman–Crippen MR) is 62.9 cm³/mol. The SMILES string of the molecule is CCCCn1ccnc1NC(C)C1CC1. The molecule has 1 saturated carbocycles. The number of aryl methyl sites for hydroxylation is 1. The molecule has 2 rings (SSSR count). The van der Waals surface area contributed by atoms with Crippen molar-refractivity contribution in [3.63, 3.8) is 0 Å². The van der Waals surface area contributed by atoms with Crippen LogP contribution >= 0.6 is 0 Å². The van der Waals surface area contributed by atoms with Crippen LogP contribution in [0.25, 0.3) is 0 Å². The maximum absolute atomic E-state index is 4.37. The van der Waals surface area contributed by atoms with Gasteiger partial charge in [-0.2, -0.15) is 0 Å². The van der Waals surface area contributed by atoms with Crippen LogP contribution in [0.2, 0.25) is 0 Å². The molecule has 0 radical (unpaired) electrons. The van der Waals surface area contributed by atoms with Crippen molar-refractivity contribution in [3.8, 4) is 0 Å². The molecule has 1 aromatic rings.